The first-order valence-electron chi connectivity index (χ1n) is 9.57. The van der Waals surface area contributed by atoms with Gasteiger partial charge in [0.2, 0.25) is 11.7 Å². The Balaban J connectivity index is 1.56. The maximum absolute atomic E-state index is 13.0. The maximum Gasteiger partial charge on any atom is 0.254 e. The van der Waals surface area contributed by atoms with Gasteiger partial charge in [-0.1, -0.05) is 36.3 Å². The molecule has 28 heavy (non-hydrogen) atoms. The first-order valence-corrected chi connectivity index (χ1v) is 9.57. The lowest BCUT2D eigenvalue weighted by molar-refractivity contribution is 0.0710. The molecule has 1 aliphatic rings. The van der Waals surface area contributed by atoms with Gasteiger partial charge in [0.15, 0.2) is 0 Å². The van der Waals surface area contributed by atoms with E-state index in [2.05, 4.69) is 17.1 Å². The van der Waals surface area contributed by atoms with Crippen molar-refractivity contribution in [1.29, 1.82) is 0 Å². The van der Waals surface area contributed by atoms with Gasteiger partial charge in [-0.2, -0.15) is 4.98 Å². The molecular weight excluding hydrogens is 354 g/mol. The van der Waals surface area contributed by atoms with Crippen LogP contribution in [0.5, 0.6) is 5.75 Å². The lowest BCUT2D eigenvalue weighted by atomic mass is 10.1. The van der Waals surface area contributed by atoms with Crippen LogP contribution in [0.1, 0.15) is 47.6 Å². The van der Waals surface area contributed by atoms with Crippen LogP contribution in [-0.4, -0.2) is 34.6 Å². The molecule has 144 valence electrons. The molecule has 1 aromatic heterocycles. The Bertz CT molecular complexity index is 965. The van der Waals surface area contributed by atoms with Crippen molar-refractivity contribution in [2.75, 3.05) is 13.7 Å². The van der Waals surface area contributed by atoms with E-state index < -0.39 is 0 Å². The van der Waals surface area contributed by atoms with Gasteiger partial charge >= 0.3 is 0 Å². The van der Waals surface area contributed by atoms with Crippen molar-refractivity contribution in [2.45, 2.75) is 32.2 Å². The molecule has 0 N–H and O–H groups in total. The summed E-state index contributed by atoms with van der Waals surface area (Å²) in [6, 6.07) is 15.1. The average Bonchev–Trinajstić information content (AvgIpc) is 3.43. The zero-order valence-corrected chi connectivity index (χ0v) is 16.1. The number of carbonyl (C=O) groups excluding carboxylic acids is 1. The van der Waals surface area contributed by atoms with Crippen LogP contribution in [-0.2, 0) is 6.42 Å². The standard InChI is InChI=1S/C22H23N3O3/c1-3-15-9-11-16(12-10-15)22(26)25-13-5-8-19(25)21-23-20(24-28-21)17-6-4-7-18(14-17)27-2/h4,6-7,9-12,14,19H,3,5,8,13H2,1-2H3. The lowest BCUT2D eigenvalue weighted by Gasteiger charge is -2.22. The van der Waals surface area contributed by atoms with E-state index >= 15 is 0 Å². The highest BCUT2D eigenvalue weighted by molar-refractivity contribution is 5.94. The van der Waals surface area contributed by atoms with Crippen LogP contribution < -0.4 is 4.74 Å². The van der Waals surface area contributed by atoms with Crippen molar-refractivity contribution in [1.82, 2.24) is 15.0 Å². The molecule has 3 aromatic rings. The Labute approximate surface area is 164 Å². The summed E-state index contributed by atoms with van der Waals surface area (Å²) < 4.78 is 10.8. The SMILES string of the molecule is CCc1ccc(C(=O)N2CCCC2c2nc(-c3cccc(OC)c3)no2)cc1. The molecule has 1 fully saturated rings. The van der Waals surface area contributed by atoms with Crippen LogP contribution in [0.2, 0.25) is 0 Å². The van der Waals surface area contributed by atoms with E-state index in [0.29, 0.717) is 23.8 Å². The largest absolute Gasteiger partial charge is 0.497 e. The second-order valence-electron chi connectivity index (χ2n) is 6.90. The van der Waals surface area contributed by atoms with E-state index in [9.17, 15) is 4.79 Å². The van der Waals surface area contributed by atoms with Gasteiger partial charge in [0.25, 0.3) is 5.91 Å². The number of hydrogen-bond donors (Lipinski definition) is 0. The average molecular weight is 377 g/mol. The number of carbonyl (C=O) groups is 1. The summed E-state index contributed by atoms with van der Waals surface area (Å²) >= 11 is 0. The third kappa shape index (κ3) is 3.50. The fourth-order valence-electron chi connectivity index (χ4n) is 3.57. The van der Waals surface area contributed by atoms with E-state index in [1.54, 1.807) is 7.11 Å². The van der Waals surface area contributed by atoms with Crippen molar-refractivity contribution < 1.29 is 14.1 Å². The number of ether oxygens (including phenoxy) is 1. The summed E-state index contributed by atoms with van der Waals surface area (Å²) in [6.45, 7) is 2.79. The number of methoxy groups -OCH3 is 1. The van der Waals surface area contributed by atoms with E-state index in [4.69, 9.17) is 9.26 Å². The zero-order chi connectivity index (χ0) is 19.5. The van der Waals surface area contributed by atoms with Crippen molar-refractivity contribution in [3.63, 3.8) is 0 Å². The van der Waals surface area contributed by atoms with E-state index in [0.717, 1.165) is 30.6 Å². The maximum atomic E-state index is 13.0. The van der Waals surface area contributed by atoms with E-state index in [-0.39, 0.29) is 11.9 Å². The monoisotopic (exact) mass is 377 g/mol. The quantitative estimate of drug-likeness (QED) is 0.664. The first-order chi connectivity index (χ1) is 13.7. The van der Waals surface area contributed by atoms with Gasteiger partial charge in [-0.15, -0.1) is 0 Å². The summed E-state index contributed by atoms with van der Waals surface area (Å²) in [6.07, 6.45) is 2.69. The minimum Gasteiger partial charge on any atom is -0.497 e. The van der Waals surface area contributed by atoms with Crippen molar-refractivity contribution in [2.24, 2.45) is 0 Å². The van der Waals surface area contributed by atoms with Gasteiger partial charge in [-0.05, 0) is 49.1 Å². The van der Waals surface area contributed by atoms with Gasteiger partial charge in [-0.3, -0.25) is 4.79 Å². The Morgan fingerprint density at radius 3 is 2.82 bits per heavy atom. The second kappa shape index (κ2) is 7.84. The fourth-order valence-corrected chi connectivity index (χ4v) is 3.57. The fraction of sp³-hybridized carbons (Fsp3) is 0.318. The Kier molecular flexibility index (Phi) is 5.10. The number of hydrogen-bond acceptors (Lipinski definition) is 5. The molecule has 6 heteroatoms. The Hall–Kier alpha value is -3.15. The van der Waals surface area contributed by atoms with Crippen LogP contribution in [0, 0.1) is 0 Å². The topological polar surface area (TPSA) is 68.5 Å². The van der Waals surface area contributed by atoms with Crippen molar-refractivity contribution >= 4 is 5.91 Å². The Morgan fingerprint density at radius 1 is 1.25 bits per heavy atom. The number of benzene rings is 2. The molecule has 6 nitrogen and oxygen atoms in total. The lowest BCUT2D eigenvalue weighted by Crippen LogP contribution is -2.30. The highest BCUT2D eigenvalue weighted by atomic mass is 16.5. The molecule has 4 rings (SSSR count). The van der Waals surface area contributed by atoms with Crippen LogP contribution in [0.4, 0.5) is 0 Å². The molecule has 0 radical (unpaired) electrons. The minimum atomic E-state index is -0.190. The highest BCUT2D eigenvalue weighted by Gasteiger charge is 2.34. The summed E-state index contributed by atoms with van der Waals surface area (Å²) in [4.78, 5) is 19.4. The molecule has 2 aromatic carbocycles. The van der Waals surface area contributed by atoms with E-state index in [1.165, 1.54) is 5.56 Å². The third-order valence-corrected chi connectivity index (χ3v) is 5.18. The van der Waals surface area contributed by atoms with Crippen LogP contribution >= 0.6 is 0 Å². The molecule has 2 heterocycles. The number of aromatic nitrogens is 2. The second-order valence-corrected chi connectivity index (χ2v) is 6.90. The van der Waals surface area contributed by atoms with Crippen LogP contribution in [0.3, 0.4) is 0 Å². The molecule has 0 spiro atoms. The van der Waals surface area contributed by atoms with Crippen LogP contribution in [0.25, 0.3) is 11.4 Å². The summed E-state index contributed by atoms with van der Waals surface area (Å²) in [5.74, 6) is 1.72. The zero-order valence-electron chi connectivity index (χ0n) is 16.1. The predicted octanol–water partition coefficient (Wildman–Crippen LogP) is 4.28. The summed E-state index contributed by atoms with van der Waals surface area (Å²) in [7, 11) is 1.62. The molecule has 0 aliphatic carbocycles. The first kappa shape index (κ1) is 18.2. The minimum absolute atomic E-state index is 0.00582. The normalized spacial score (nSPS) is 16.4. The summed E-state index contributed by atoms with van der Waals surface area (Å²) in [5, 5.41) is 4.12. The molecule has 0 saturated carbocycles. The highest BCUT2D eigenvalue weighted by Crippen LogP contribution is 2.33. The van der Waals surface area contributed by atoms with Crippen molar-refractivity contribution in [3.05, 3.63) is 65.5 Å². The molecule has 1 aliphatic heterocycles. The number of amides is 1. The number of rotatable bonds is 5. The van der Waals surface area contributed by atoms with E-state index in [1.807, 2.05) is 53.4 Å². The molecule has 0 bridgehead atoms. The summed E-state index contributed by atoms with van der Waals surface area (Å²) in [5.41, 5.74) is 2.73. The molecule has 1 atom stereocenters. The van der Waals surface area contributed by atoms with Crippen LogP contribution in [0.15, 0.2) is 53.1 Å². The Morgan fingerprint density at radius 2 is 2.07 bits per heavy atom. The number of aryl methyl sites for hydroxylation is 1. The van der Waals surface area contributed by atoms with Crippen molar-refractivity contribution in [3.8, 4) is 17.1 Å². The molecule has 1 amide bonds. The molecule has 1 saturated heterocycles. The van der Waals surface area contributed by atoms with Gasteiger partial charge in [0.05, 0.1) is 7.11 Å². The molecular formula is C22H23N3O3. The predicted molar refractivity (Wildman–Crippen MR) is 105 cm³/mol. The number of nitrogens with zero attached hydrogens (tertiary/aromatic N) is 3. The molecule has 1 unspecified atom stereocenters. The third-order valence-electron chi connectivity index (χ3n) is 5.18. The smallest absolute Gasteiger partial charge is 0.254 e. The van der Waals surface area contributed by atoms with Gasteiger partial charge in [0.1, 0.15) is 11.8 Å². The number of likely N-dealkylation sites (tertiary alicyclic amines) is 1. The van der Waals surface area contributed by atoms with Gasteiger partial charge < -0.3 is 14.2 Å². The van der Waals surface area contributed by atoms with Gasteiger partial charge in [0, 0.05) is 17.7 Å². The van der Waals surface area contributed by atoms with Gasteiger partial charge in [-0.25, -0.2) is 0 Å².